The molecule has 0 radical (unpaired) electrons. The average molecular weight is 294 g/mol. The minimum absolute atomic E-state index is 0.642. The number of rotatable bonds is 5. The predicted molar refractivity (Wildman–Crippen MR) is 68.9 cm³/mol. The quantitative estimate of drug-likeness (QED) is 0.755. The van der Waals surface area contributed by atoms with Gasteiger partial charge in [0.15, 0.2) is 0 Å². The first kappa shape index (κ1) is 13.0. The Labute approximate surface area is 105 Å². The van der Waals surface area contributed by atoms with Crippen molar-refractivity contribution in [3.05, 3.63) is 16.4 Å². The van der Waals surface area contributed by atoms with Gasteiger partial charge >= 0.3 is 0 Å². The lowest BCUT2D eigenvalue weighted by Gasteiger charge is -2.12. The maximum Gasteiger partial charge on any atom is 0.0847 e. The standard InChI is InChI=1S/C11H18BrClN2/c1-4-9(7-12)6-10-11(13)8(3)14-15(10)5-2/h9H,4-7H2,1-3H3. The molecule has 0 aliphatic carbocycles. The topological polar surface area (TPSA) is 17.8 Å². The zero-order chi connectivity index (χ0) is 11.4. The highest BCUT2D eigenvalue weighted by molar-refractivity contribution is 9.09. The van der Waals surface area contributed by atoms with E-state index in [4.69, 9.17) is 11.6 Å². The highest BCUT2D eigenvalue weighted by Crippen LogP contribution is 2.24. The lowest BCUT2D eigenvalue weighted by Crippen LogP contribution is -2.10. The van der Waals surface area contributed by atoms with Crippen LogP contribution in [-0.2, 0) is 13.0 Å². The van der Waals surface area contributed by atoms with E-state index in [1.165, 1.54) is 5.69 Å². The van der Waals surface area contributed by atoms with Crippen molar-refractivity contribution < 1.29 is 0 Å². The van der Waals surface area contributed by atoms with E-state index in [9.17, 15) is 0 Å². The van der Waals surface area contributed by atoms with Gasteiger partial charge in [0.25, 0.3) is 0 Å². The highest BCUT2D eigenvalue weighted by Gasteiger charge is 2.16. The van der Waals surface area contributed by atoms with Crippen LogP contribution in [0, 0.1) is 12.8 Å². The minimum Gasteiger partial charge on any atom is -0.268 e. The van der Waals surface area contributed by atoms with E-state index in [2.05, 4.69) is 34.9 Å². The number of hydrogen-bond donors (Lipinski definition) is 0. The number of aryl methyl sites for hydroxylation is 2. The van der Waals surface area contributed by atoms with Crippen LogP contribution >= 0.6 is 27.5 Å². The molecule has 0 bridgehead atoms. The fraction of sp³-hybridized carbons (Fsp3) is 0.727. The van der Waals surface area contributed by atoms with E-state index in [0.717, 1.165) is 35.4 Å². The molecule has 2 nitrogen and oxygen atoms in total. The molecule has 1 atom stereocenters. The lowest BCUT2D eigenvalue weighted by molar-refractivity contribution is 0.526. The van der Waals surface area contributed by atoms with E-state index in [-0.39, 0.29) is 0 Å². The fourth-order valence-corrected chi connectivity index (χ4v) is 2.54. The number of aromatic nitrogens is 2. The van der Waals surface area contributed by atoms with E-state index in [0.29, 0.717) is 5.92 Å². The molecular weight excluding hydrogens is 275 g/mol. The van der Waals surface area contributed by atoms with Gasteiger partial charge in [0.2, 0.25) is 0 Å². The first-order chi connectivity index (χ1) is 7.13. The SMILES string of the molecule is CCC(CBr)Cc1c(Cl)c(C)nn1CC. The summed E-state index contributed by atoms with van der Waals surface area (Å²) in [5.41, 5.74) is 2.13. The molecule has 1 aromatic heterocycles. The van der Waals surface area contributed by atoms with Gasteiger partial charge in [0.1, 0.15) is 0 Å². The van der Waals surface area contributed by atoms with Gasteiger partial charge in [-0.05, 0) is 26.2 Å². The largest absolute Gasteiger partial charge is 0.268 e. The molecule has 1 unspecified atom stereocenters. The Morgan fingerprint density at radius 3 is 2.60 bits per heavy atom. The Morgan fingerprint density at radius 1 is 1.47 bits per heavy atom. The van der Waals surface area contributed by atoms with Crippen molar-refractivity contribution in [3.8, 4) is 0 Å². The third-order valence-corrected chi connectivity index (χ3v) is 4.14. The maximum absolute atomic E-state index is 6.25. The Bertz CT molecular complexity index is 319. The highest BCUT2D eigenvalue weighted by atomic mass is 79.9. The first-order valence-electron chi connectivity index (χ1n) is 5.41. The normalized spacial score (nSPS) is 13.1. The van der Waals surface area contributed by atoms with Crippen molar-refractivity contribution in [2.75, 3.05) is 5.33 Å². The third-order valence-electron chi connectivity index (χ3n) is 2.73. The molecule has 0 N–H and O–H groups in total. The monoisotopic (exact) mass is 292 g/mol. The Kier molecular flexibility index (Phi) is 5.13. The number of alkyl halides is 1. The van der Waals surface area contributed by atoms with Crippen molar-refractivity contribution in [1.29, 1.82) is 0 Å². The van der Waals surface area contributed by atoms with Crippen LogP contribution in [0.15, 0.2) is 0 Å². The molecule has 86 valence electrons. The molecule has 0 spiro atoms. The van der Waals surface area contributed by atoms with Gasteiger partial charge in [-0.1, -0.05) is 40.9 Å². The van der Waals surface area contributed by atoms with Crippen LogP contribution in [0.4, 0.5) is 0 Å². The second-order valence-corrected chi connectivity index (χ2v) is 4.82. The Hall–Kier alpha value is -0.0200. The van der Waals surface area contributed by atoms with Gasteiger partial charge < -0.3 is 0 Å². The summed E-state index contributed by atoms with van der Waals surface area (Å²) in [5.74, 6) is 0.642. The van der Waals surface area contributed by atoms with Crippen molar-refractivity contribution in [2.24, 2.45) is 5.92 Å². The van der Waals surface area contributed by atoms with Crippen LogP contribution in [0.3, 0.4) is 0 Å². The van der Waals surface area contributed by atoms with Crippen molar-refractivity contribution in [1.82, 2.24) is 9.78 Å². The molecule has 0 saturated heterocycles. The molecule has 0 saturated carbocycles. The summed E-state index contributed by atoms with van der Waals surface area (Å²) in [6.45, 7) is 7.16. The van der Waals surface area contributed by atoms with Gasteiger partial charge in [-0.2, -0.15) is 5.10 Å². The molecule has 15 heavy (non-hydrogen) atoms. The van der Waals surface area contributed by atoms with Crippen molar-refractivity contribution in [2.45, 2.75) is 40.2 Å². The lowest BCUT2D eigenvalue weighted by atomic mass is 10.0. The molecule has 0 aliphatic rings. The first-order valence-corrected chi connectivity index (χ1v) is 6.91. The van der Waals surface area contributed by atoms with Crippen molar-refractivity contribution in [3.63, 3.8) is 0 Å². The summed E-state index contributed by atoms with van der Waals surface area (Å²) >= 11 is 9.79. The number of nitrogens with zero attached hydrogens (tertiary/aromatic N) is 2. The van der Waals surface area contributed by atoms with Gasteiger partial charge in [-0.15, -0.1) is 0 Å². The predicted octanol–water partition coefficient (Wildman–Crippen LogP) is 3.83. The fourth-order valence-electron chi connectivity index (χ4n) is 1.65. The molecule has 0 fully saturated rings. The van der Waals surface area contributed by atoms with Crippen LogP contribution in [0.1, 0.15) is 31.7 Å². The van der Waals surface area contributed by atoms with Gasteiger partial charge in [-0.3, -0.25) is 4.68 Å². The summed E-state index contributed by atoms with van der Waals surface area (Å²) in [7, 11) is 0. The maximum atomic E-state index is 6.25. The third kappa shape index (κ3) is 2.97. The van der Waals surface area contributed by atoms with E-state index in [1.807, 2.05) is 11.6 Å². The van der Waals surface area contributed by atoms with E-state index >= 15 is 0 Å². The summed E-state index contributed by atoms with van der Waals surface area (Å²) < 4.78 is 2.02. The van der Waals surface area contributed by atoms with Crippen LogP contribution < -0.4 is 0 Å². The summed E-state index contributed by atoms with van der Waals surface area (Å²) in [5, 5.41) is 6.29. The van der Waals surface area contributed by atoms with Crippen LogP contribution in [0.25, 0.3) is 0 Å². The summed E-state index contributed by atoms with van der Waals surface area (Å²) in [4.78, 5) is 0. The summed E-state index contributed by atoms with van der Waals surface area (Å²) in [6.07, 6.45) is 2.17. The van der Waals surface area contributed by atoms with Gasteiger partial charge in [-0.25, -0.2) is 0 Å². The number of hydrogen-bond acceptors (Lipinski definition) is 1. The van der Waals surface area contributed by atoms with Gasteiger partial charge in [0.05, 0.1) is 16.4 Å². The van der Waals surface area contributed by atoms with Crippen LogP contribution in [0.5, 0.6) is 0 Å². The summed E-state index contributed by atoms with van der Waals surface area (Å²) in [6, 6.07) is 0. The smallest absolute Gasteiger partial charge is 0.0847 e. The average Bonchev–Trinajstić information content (AvgIpc) is 2.52. The molecule has 4 heteroatoms. The molecule has 0 amide bonds. The number of halogens is 2. The van der Waals surface area contributed by atoms with Crippen LogP contribution in [-0.4, -0.2) is 15.1 Å². The zero-order valence-corrected chi connectivity index (χ0v) is 11.9. The van der Waals surface area contributed by atoms with Crippen molar-refractivity contribution >= 4 is 27.5 Å². The second kappa shape index (κ2) is 5.90. The Balaban J connectivity index is 2.91. The molecule has 0 aliphatic heterocycles. The second-order valence-electron chi connectivity index (χ2n) is 3.79. The Morgan fingerprint density at radius 2 is 2.13 bits per heavy atom. The van der Waals surface area contributed by atoms with Gasteiger partial charge in [0, 0.05) is 11.9 Å². The van der Waals surface area contributed by atoms with E-state index in [1.54, 1.807) is 0 Å². The molecule has 1 aromatic rings. The van der Waals surface area contributed by atoms with Crippen LogP contribution in [0.2, 0.25) is 5.02 Å². The molecular formula is C11H18BrClN2. The zero-order valence-electron chi connectivity index (χ0n) is 9.56. The molecule has 1 heterocycles. The molecule has 0 aromatic carbocycles. The van der Waals surface area contributed by atoms with E-state index < -0.39 is 0 Å². The minimum atomic E-state index is 0.642. The molecule has 1 rings (SSSR count).